The number of ether oxygens (including phenoxy) is 2. The maximum absolute atomic E-state index is 6.33. The summed E-state index contributed by atoms with van der Waals surface area (Å²) in [6, 6.07) is 13.0. The number of benzene rings is 2. The van der Waals surface area contributed by atoms with E-state index < -0.39 is 0 Å². The van der Waals surface area contributed by atoms with E-state index >= 15 is 0 Å². The monoisotopic (exact) mass is 515 g/mol. The third kappa shape index (κ3) is 5.25. The molecule has 6 rings (SSSR count). The normalized spacial score (nSPS) is 21.5. The summed E-state index contributed by atoms with van der Waals surface area (Å²) in [6.07, 6.45) is 8.20. The maximum atomic E-state index is 6.33. The number of fused-ring (bicyclic) bond motifs is 2. The fourth-order valence-corrected chi connectivity index (χ4v) is 7.22. The van der Waals surface area contributed by atoms with Crippen LogP contribution in [0.3, 0.4) is 0 Å². The van der Waals surface area contributed by atoms with Crippen LogP contribution >= 0.6 is 11.3 Å². The molecule has 0 spiro atoms. The van der Waals surface area contributed by atoms with Crippen LogP contribution in [0, 0.1) is 19.8 Å². The van der Waals surface area contributed by atoms with Crippen LogP contribution in [0.25, 0.3) is 21.7 Å². The third-order valence-corrected chi connectivity index (χ3v) is 9.29. The van der Waals surface area contributed by atoms with Gasteiger partial charge >= 0.3 is 0 Å². The minimum Gasteiger partial charge on any atom is -0.493 e. The quantitative estimate of drug-likeness (QED) is 0.345. The molecule has 2 aromatic carbocycles. The average molecular weight is 516 g/mol. The summed E-state index contributed by atoms with van der Waals surface area (Å²) in [5.41, 5.74) is 7.35. The number of aromatic nitrogens is 1. The van der Waals surface area contributed by atoms with Gasteiger partial charge in [-0.1, -0.05) is 30.3 Å². The molecule has 2 atom stereocenters. The van der Waals surface area contributed by atoms with E-state index in [0.29, 0.717) is 6.10 Å². The van der Waals surface area contributed by atoms with Gasteiger partial charge in [-0.25, -0.2) is 4.98 Å². The summed E-state index contributed by atoms with van der Waals surface area (Å²) in [4.78, 5) is 13.2. The lowest BCUT2D eigenvalue weighted by Gasteiger charge is -2.41. The molecule has 6 heteroatoms. The summed E-state index contributed by atoms with van der Waals surface area (Å²) < 4.78 is 12.3. The van der Waals surface area contributed by atoms with E-state index in [1.807, 2.05) is 6.21 Å². The Labute approximate surface area is 224 Å². The molecule has 0 saturated carbocycles. The van der Waals surface area contributed by atoms with Crippen LogP contribution in [0.1, 0.15) is 47.4 Å². The molecule has 3 aliphatic heterocycles. The topological polar surface area (TPSA) is 47.0 Å². The first-order valence-electron chi connectivity index (χ1n) is 13.8. The van der Waals surface area contributed by atoms with Gasteiger partial charge in [-0.05, 0) is 73.8 Å². The molecule has 2 saturated heterocycles. The zero-order valence-corrected chi connectivity index (χ0v) is 22.9. The Bertz CT molecular complexity index is 1280. The highest BCUT2D eigenvalue weighted by Crippen LogP contribution is 2.38. The Hall–Kier alpha value is -2.54. The van der Waals surface area contributed by atoms with E-state index in [-0.39, 0.29) is 0 Å². The highest BCUT2D eigenvalue weighted by atomic mass is 32.1. The van der Waals surface area contributed by atoms with E-state index in [2.05, 4.69) is 60.1 Å². The maximum Gasteiger partial charge on any atom is 0.124 e. The zero-order valence-electron chi connectivity index (χ0n) is 22.0. The Morgan fingerprint density at radius 3 is 2.78 bits per heavy atom. The van der Waals surface area contributed by atoms with Gasteiger partial charge in [-0.3, -0.25) is 4.99 Å². The standard InChI is InChI=1S/C31H37N3O2S/c1-21-24(8-3-10-26(21)31-33-27-12-14-32-19-30(27)37-31)25-9-4-11-28(22(25)2)35-18-6-15-34-16-13-29-23(20-34)7-5-17-36-29/h3-4,8-11,19,23,29H,5-7,12-18,20H2,1-2H3. The number of likely N-dealkylation sites (tertiary alicyclic amines) is 1. The van der Waals surface area contributed by atoms with Gasteiger partial charge in [-0.2, -0.15) is 0 Å². The highest BCUT2D eigenvalue weighted by molar-refractivity contribution is 7.16. The first kappa shape index (κ1) is 24.8. The molecular weight excluding hydrogens is 478 g/mol. The number of hydrogen-bond donors (Lipinski definition) is 0. The van der Waals surface area contributed by atoms with Gasteiger partial charge in [-0.15, -0.1) is 11.3 Å². The van der Waals surface area contributed by atoms with Crippen molar-refractivity contribution in [1.82, 2.24) is 9.88 Å². The fourth-order valence-electron chi connectivity index (χ4n) is 6.13. The van der Waals surface area contributed by atoms with Crippen molar-refractivity contribution in [1.29, 1.82) is 0 Å². The van der Waals surface area contributed by atoms with Crippen LogP contribution in [-0.2, 0) is 11.2 Å². The summed E-state index contributed by atoms with van der Waals surface area (Å²) in [5, 5.41) is 1.09. The lowest BCUT2D eigenvalue weighted by molar-refractivity contribution is -0.0665. The number of piperidine rings is 1. The molecule has 2 fully saturated rings. The van der Waals surface area contributed by atoms with Crippen molar-refractivity contribution < 1.29 is 9.47 Å². The Kier molecular flexibility index (Phi) is 7.41. The second kappa shape index (κ2) is 11.1. The minimum absolute atomic E-state index is 0.503. The molecule has 0 aliphatic carbocycles. The van der Waals surface area contributed by atoms with Gasteiger partial charge in [0.25, 0.3) is 0 Å². The van der Waals surface area contributed by atoms with Crippen LogP contribution in [0.2, 0.25) is 0 Å². The van der Waals surface area contributed by atoms with Crippen LogP contribution in [-0.4, -0.2) is 61.6 Å². The van der Waals surface area contributed by atoms with Crippen molar-refractivity contribution in [2.24, 2.45) is 10.9 Å². The van der Waals surface area contributed by atoms with Crippen LogP contribution in [0.15, 0.2) is 41.4 Å². The van der Waals surface area contributed by atoms with E-state index in [4.69, 9.17) is 14.5 Å². The minimum atomic E-state index is 0.503. The highest BCUT2D eigenvalue weighted by Gasteiger charge is 2.31. The molecule has 194 valence electrons. The van der Waals surface area contributed by atoms with Gasteiger partial charge in [0.05, 0.1) is 23.3 Å². The van der Waals surface area contributed by atoms with Crippen molar-refractivity contribution in [3.63, 3.8) is 0 Å². The molecular formula is C31H37N3O2S. The summed E-state index contributed by atoms with van der Waals surface area (Å²) in [7, 11) is 0. The first-order valence-corrected chi connectivity index (χ1v) is 14.7. The second-order valence-electron chi connectivity index (χ2n) is 10.6. The average Bonchev–Trinajstić information content (AvgIpc) is 3.36. The van der Waals surface area contributed by atoms with Gasteiger partial charge < -0.3 is 14.4 Å². The number of hydrogen-bond acceptors (Lipinski definition) is 6. The molecule has 5 nitrogen and oxygen atoms in total. The van der Waals surface area contributed by atoms with Crippen molar-refractivity contribution in [3.05, 3.63) is 58.1 Å². The smallest absolute Gasteiger partial charge is 0.124 e. The Morgan fingerprint density at radius 2 is 1.89 bits per heavy atom. The first-order chi connectivity index (χ1) is 18.2. The zero-order chi connectivity index (χ0) is 25.2. The fraction of sp³-hybridized carbons (Fsp3) is 0.484. The third-order valence-electron chi connectivity index (χ3n) is 8.23. The summed E-state index contributed by atoms with van der Waals surface area (Å²) in [5.74, 6) is 1.71. The molecule has 0 bridgehead atoms. The molecule has 4 heterocycles. The van der Waals surface area contributed by atoms with E-state index in [1.165, 1.54) is 64.2 Å². The Balaban J connectivity index is 1.12. The van der Waals surface area contributed by atoms with Gasteiger partial charge in [0, 0.05) is 51.0 Å². The van der Waals surface area contributed by atoms with Crippen molar-refractivity contribution in [3.8, 4) is 27.4 Å². The number of thiazole rings is 1. The predicted octanol–water partition coefficient (Wildman–Crippen LogP) is 6.34. The van der Waals surface area contributed by atoms with Crippen molar-refractivity contribution >= 4 is 17.6 Å². The van der Waals surface area contributed by atoms with E-state index in [1.54, 1.807) is 11.3 Å². The molecule has 2 unspecified atom stereocenters. The van der Waals surface area contributed by atoms with Crippen LogP contribution in [0.5, 0.6) is 5.75 Å². The van der Waals surface area contributed by atoms with Crippen LogP contribution < -0.4 is 4.74 Å². The number of aliphatic imine (C=N–C) groups is 1. The Morgan fingerprint density at radius 1 is 1.05 bits per heavy atom. The second-order valence-corrected chi connectivity index (χ2v) is 11.7. The SMILES string of the molecule is Cc1c(OCCCN2CCC3OCCCC3C2)cccc1-c1cccc(-c2nc3c(s2)C=NCC3)c1C. The lowest BCUT2D eigenvalue weighted by atomic mass is 9.88. The summed E-state index contributed by atoms with van der Waals surface area (Å²) >= 11 is 1.75. The van der Waals surface area contributed by atoms with E-state index in [0.717, 1.165) is 62.4 Å². The van der Waals surface area contributed by atoms with Gasteiger partial charge in [0.15, 0.2) is 0 Å². The molecule has 3 aliphatic rings. The van der Waals surface area contributed by atoms with Crippen LogP contribution in [0.4, 0.5) is 0 Å². The van der Waals surface area contributed by atoms with Gasteiger partial charge in [0.2, 0.25) is 0 Å². The molecule has 0 N–H and O–H groups in total. The predicted molar refractivity (Wildman–Crippen MR) is 152 cm³/mol. The molecule has 0 amide bonds. The van der Waals surface area contributed by atoms with Gasteiger partial charge in [0.1, 0.15) is 10.8 Å². The van der Waals surface area contributed by atoms with E-state index in [9.17, 15) is 0 Å². The van der Waals surface area contributed by atoms with Crippen molar-refractivity contribution in [2.45, 2.75) is 52.1 Å². The molecule has 1 aromatic heterocycles. The molecule has 0 radical (unpaired) electrons. The molecule has 3 aromatic rings. The lowest BCUT2D eigenvalue weighted by Crippen LogP contribution is -2.46. The number of rotatable bonds is 7. The largest absolute Gasteiger partial charge is 0.493 e. The number of nitrogens with zero attached hydrogens (tertiary/aromatic N) is 3. The van der Waals surface area contributed by atoms with Crippen molar-refractivity contribution in [2.75, 3.05) is 39.4 Å². The summed E-state index contributed by atoms with van der Waals surface area (Å²) in [6.45, 7) is 10.4. The molecule has 37 heavy (non-hydrogen) atoms.